The Morgan fingerprint density at radius 2 is 2.00 bits per heavy atom. The number of aryl methyl sites for hydroxylation is 1. The maximum atomic E-state index is 5.68. The molecule has 4 nitrogen and oxygen atoms in total. The molecular weight excluding hydrogens is 220 g/mol. The lowest BCUT2D eigenvalue weighted by Crippen LogP contribution is -2.33. The summed E-state index contributed by atoms with van der Waals surface area (Å²) in [6.45, 7) is 6.56. The number of hydrazine groups is 1. The first kappa shape index (κ1) is 13.5. The fraction of sp³-hybridized carbons (Fsp3) is 0.818. The van der Waals surface area contributed by atoms with Gasteiger partial charge in [-0.1, -0.05) is 44.5 Å². The summed E-state index contributed by atoms with van der Waals surface area (Å²) in [5.41, 5.74) is 4.05. The summed E-state index contributed by atoms with van der Waals surface area (Å²) >= 11 is 1.48. The molecular formula is C11H22N4S. The van der Waals surface area contributed by atoms with Crippen molar-refractivity contribution in [3.8, 4) is 0 Å². The molecule has 0 aliphatic heterocycles. The third-order valence-corrected chi connectivity index (χ3v) is 3.90. The van der Waals surface area contributed by atoms with Crippen LogP contribution in [0.1, 0.15) is 56.6 Å². The van der Waals surface area contributed by atoms with Crippen LogP contribution in [0.3, 0.4) is 0 Å². The Morgan fingerprint density at radius 3 is 2.50 bits per heavy atom. The number of nitrogens with zero attached hydrogens (tertiary/aromatic N) is 2. The van der Waals surface area contributed by atoms with Crippen LogP contribution in [0, 0.1) is 5.92 Å². The highest BCUT2D eigenvalue weighted by Crippen LogP contribution is 2.30. The Bertz CT molecular complexity index is 296. The van der Waals surface area contributed by atoms with Crippen molar-refractivity contribution < 1.29 is 0 Å². The molecule has 0 amide bonds. The van der Waals surface area contributed by atoms with Crippen LogP contribution in [-0.2, 0) is 6.42 Å². The monoisotopic (exact) mass is 242 g/mol. The summed E-state index contributed by atoms with van der Waals surface area (Å²) in [6.07, 6.45) is 4.33. The van der Waals surface area contributed by atoms with Crippen LogP contribution in [-0.4, -0.2) is 9.59 Å². The maximum Gasteiger partial charge on any atom is 0.0804 e. The Kier molecular flexibility index (Phi) is 5.87. The van der Waals surface area contributed by atoms with Crippen LogP contribution >= 0.6 is 11.5 Å². The van der Waals surface area contributed by atoms with Crippen molar-refractivity contribution in [2.24, 2.45) is 11.8 Å². The molecule has 16 heavy (non-hydrogen) atoms. The molecule has 3 N–H and O–H groups in total. The number of hydrogen-bond donors (Lipinski definition) is 2. The summed E-state index contributed by atoms with van der Waals surface area (Å²) in [6, 6.07) is 0.205. The summed E-state index contributed by atoms with van der Waals surface area (Å²) in [4.78, 5) is 1.22. The van der Waals surface area contributed by atoms with Gasteiger partial charge in [-0.2, -0.15) is 0 Å². The van der Waals surface area contributed by atoms with Gasteiger partial charge in [0, 0.05) is 0 Å². The van der Waals surface area contributed by atoms with Crippen molar-refractivity contribution in [3.05, 3.63) is 10.6 Å². The Hall–Kier alpha value is -0.520. The molecule has 0 aliphatic carbocycles. The van der Waals surface area contributed by atoms with Gasteiger partial charge in [0.15, 0.2) is 0 Å². The largest absolute Gasteiger partial charge is 0.271 e. The van der Waals surface area contributed by atoms with E-state index >= 15 is 0 Å². The number of nitrogens with one attached hydrogen (secondary N) is 1. The van der Waals surface area contributed by atoms with E-state index < -0.39 is 0 Å². The maximum absolute atomic E-state index is 5.68. The van der Waals surface area contributed by atoms with E-state index in [1.54, 1.807) is 0 Å². The van der Waals surface area contributed by atoms with Crippen molar-refractivity contribution in [3.63, 3.8) is 0 Å². The SMILES string of the molecule is CCCc1nnsc1C(NN)C(CC)CC. The first-order chi connectivity index (χ1) is 7.78. The Labute approximate surface area is 102 Å². The molecule has 0 aliphatic rings. The van der Waals surface area contributed by atoms with Crippen molar-refractivity contribution in [1.29, 1.82) is 0 Å². The zero-order chi connectivity index (χ0) is 12.0. The molecule has 0 saturated carbocycles. The van der Waals surface area contributed by atoms with Gasteiger partial charge < -0.3 is 0 Å². The van der Waals surface area contributed by atoms with Gasteiger partial charge in [-0.15, -0.1) is 5.10 Å². The standard InChI is InChI=1S/C11H22N4S/c1-4-7-9-11(16-15-14-9)10(13-12)8(5-2)6-3/h8,10,13H,4-7,12H2,1-3H3. The van der Waals surface area contributed by atoms with E-state index in [2.05, 4.69) is 35.8 Å². The minimum Gasteiger partial charge on any atom is -0.271 e. The second kappa shape index (κ2) is 6.93. The third-order valence-electron chi connectivity index (χ3n) is 3.05. The van der Waals surface area contributed by atoms with Gasteiger partial charge >= 0.3 is 0 Å². The van der Waals surface area contributed by atoms with Crippen LogP contribution in [0.25, 0.3) is 0 Å². The minimum atomic E-state index is 0.205. The van der Waals surface area contributed by atoms with E-state index in [1.807, 2.05) is 0 Å². The lowest BCUT2D eigenvalue weighted by Gasteiger charge is -2.23. The van der Waals surface area contributed by atoms with E-state index in [0.717, 1.165) is 31.4 Å². The average Bonchev–Trinajstić information content (AvgIpc) is 2.74. The number of rotatable bonds is 7. The van der Waals surface area contributed by atoms with Crippen LogP contribution in [0.15, 0.2) is 0 Å². The molecule has 1 aromatic heterocycles. The quantitative estimate of drug-likeness (QED) is 0.569. The number of aromatic nitrogens is 2. The van der Waals surface area contributed by atoms with Crippen molar-refractivity contribution in [1.82, 2.24) is 15.0 Å². The lowest BCUT2D eigenvalue weighted by molar-refractivity contribution is 0.348. The molecule has 1 heterocycles. The molecule has 92 valence electrons. The number of nitrogens with two attached hydrogens (primary N) is 1. The Balaban J connectivity index is 2.88. The summed E-state index contributed by atoms with van der Waals surface area (Å²) in [7, 11) is 0. The molecule has 0 fully saturated rings. The molecule has 1 rings (SSSR count). The summed E-state index contributed by atoms with van der Waals surface area (Å²) in [5, 5.41) is 4.20. The van der Waals surface area contributed by atoms with Gasteiger partial charge in [-0.3, -0.25) is 11.3 Å². The molecule has 1 aromatic rings. The molecule has 0 spiro atoms. The van der Waals surface area contributed by atoms with Crippen LogP contribution in [0.5, 0.6) is 0 Å². The average molecular weight is 242 g/mol. The first-order valence-corrected chi connectivity index (χ1v) is 6.82. The van der Waals surface area contributed by atoms with E-state index in [-0.39, 0.29) is 6.04 Å². The smallest absolute Gasteiger partial charge is 0.0804 e. The van der Waals surface area contributed by atoms with Crippen molar-refractivity contribution in [2.75, 3.05) is 0 Å². The highest BCUT2D eigenvalue weighted by molar-refractivity contribution is 7.05. The highest BCUT2D eigenvalue weighted by atomic mass is 32.1. The van der Waals surface area contributed by atoms with Gasteiger partial charge in [-0.25, -0.2) is 0 Å². The fourth-order valence-corrected chi connectivity index (χ4v) is 2.90. The van der Waals surface area contributed by atoms with E-state index in [1.165, 1.54) is 16.4 Å². The van der Waals surface area contributed by atoms with Gasteiger partial charge in [0.05, 0.1) is 16.6 Å². The van der Waals surface area contributed by atoms with Crippen molar-refractivity contribution >= 4 is 11.5 Å². The second-order valence-corrected chi connectivity index (χ2v) is 4.84. The number of hydrogen-bond acceptors (Lipinski definition) is 5. The van der Waals surface area contributed by atoms with Gasteiger partial charge in [0.2, 0.25) is 0 Å². The lowest BCUT2D eigenvalue weighted by atomic mass is 9.92. The van der Waals surface area contributed by atoms with Crippen molar-refractivity contribution in [2.45, 2.75) is 52.5 Å². The molecule has 1 unspecified atom stereocenters. The third kappa shape index (κ3) is 2.99. The first-order valence-electron chi connectivity index (χ1n) is 6.05. The molecule has 0 radical (unpaired) electrons. The van der Waals surface area contributed by atoms with Crippen LogP contribution in [0.2, 0.25) is 0 Å². The zero-order valence-corrected chi connectivity index (χ0v) is 11.2. The summed E-state index contributed by atoms with van der Waals surface area (Å²) < 4.78 is 4.06. The van der Waals surface area contributed by atoms with Crippen LogP contribution < -0.4 is 11.3 Å². The fourth-order valence-electron chi connectivity index (χ4n) is 2.05. The molecule has 1 atom stereocenters. The van der Waals surface area contributed by atoms with E-state index in [4.69, 9.17) is 5.84 Å². The highest BCUT2D eigenvalue weighted by Gasteiger charge is 2.24. The van der Waals surface area contributed by atoms with Gasteiger partial charge in [0.1, 0.15) is 0 Å². The molecule has 0 bridgehead atoms. The second-order valence-electron chi connectivity index (χ2n) is 4.05. The minimum absolute atomic E-state index is 0.205. The van der Waals surface area contributed by atoms with E-state index in [0.29, 0.717) is 5.92 Å². The predicted octanol–water partition coefficient (Wildman–Crippen LogP) is 2.43. The normalized spacial score (nSPS) is 13.3. The van der Waals surface area contributed by atoms with Gasteiger partial charge in [-0.05, 0) is 23.9 Å². The zero-order valence-electron chi connectivity index (χ0n) is 10.4. The topological polar surface area (TPSA) is 63.8 Å². The van der Waals surface area contributed by atoms with Gasteiger partial charge in [0.25, 0.3) is 0 Å². The molecule has 0 aromatic carbocycles. The molecule has 0 saturated heterocycles. The predicted molar refractivity (Wildman–Crippen MR) is 68.0 cm³/mol. The molecule has 5 heteroatoms. The van der Waals surface area contributed by atoms with Crippen LogP contribution in [0.4, 0.5) is 0 Å². The summed E-state index contributed by atoms with van der Waals surface area (Å²) in [5.74, 6) is 6.24. The Morgan fingerprint density at radius 1 is 1.31 bits per heavy atom. The van der Waals surface area contributed by atoms with E-state index in [9.17, 15) is 0 Å².